The summed E-state index contributed by atoms with van der Waals surface area (Å²) in [7, 11) is -5.44. The van der Waals surface area contributed by atoms with Crippen molar-refractivity contribution in [2.24, 2.45) is 0 Å². The van der Waals surface area contributed by atoms with Crippen LogP contribution in [0.2, 0.25) is 0 Å². The van der Waals surface area contributed by atoms with Crippen LogP contribution >= 0.6 is 8.19 Å². The van der Waals surface area contributed by atoms with Crippen molar-refractivity contribution in [3.8, 4) is 0 Å². The van der Waals surface area contributed by atoms with Crippen molar-refractivity contribution in [1.29, 1.82) is 0 Å². The van der Waals surface area contributed by atoms with Gasteiger partial charge >= 0.3 is 82.1 Å². The molecule has 0 bridgehead atoms. The Kier molecular flexibility index (Phi) is 3.54. The standard InChI is InChI=1S/C10H14F3P/c1-8(2)10-5-3-9(4-6-10)7-14(11,12)13/h3-6,8,14H,7H2,1-2H3. The van der Waals surface area contributed by atoms with E-state index in [1.54, 1.807) is 24.3 Å². The first-order valence-corrected chi connectivity index (χ1v) is 6.38. The van der Waals surface area contributed by atoms with E-state index < -0.39 is 14.4 Å². The molecule has 0 atom stereocenters. The Labute approximate surface area is 82.8 Å². The SMILES string of the molecule is CC(C)c1ccc(C[PH](F)(F)F)cc1. The molecular formula is C10H14F3P. The summed E-state index contributed by atoms with van der Waals surface area (Å²) in [6.45, 7) is 4.04. The fourth-order valence-electron chi connectivity index (χ4n) is 1.25. The Balaban J connectivity index is 2.74. The molecular weight excluding hydrogens is 208 g/mol. The Morgan fingerprint density at radius 2 is 1.57 bits per heavy atom. The van der Waals surface area contributed by atoms with Crippen molar-refractivity contribution in [2.45, 2.75) is 25.9 Å². The summed E-state index contributed by atoms with van der Waals surface area (Å²) < 4.78 is 36.4. The van der Waals surface area contributed by atoms with Crippen LogP contribution in [0.4, 0.5) is 12.6 Å². The molecule has 1 aromatic carbocycles. The number of hydrogen-bond acceptors (Lipinski definition) is 0. The van der Waals surface area contributed by atoms with Gasteiger partial charge in [0.15, 0.2) is 0 Å². The summed E-state index contributed by atoms with van der Waals surface area (Å²) in [5, 5.41) is 0. The summed E-state index contributed by atoms with van der Waals surface area (Å²) in [6, 6.07) is 6.71. The van der Waals surface area contributed by atoms with Crippen LogP contribution in [0.3, 0.4) is 0 Å². The van der Waals surface area contributed by atoms with Crippen molar-refractivity contribution in [1.82, 2.24) is 0 Å². The van der Waals surface area contributed by atoms with Crippen LogP contribution in [0.25, 0.3) is 0 Å². The first-order chi connectivity index (χ1) is 6.38. The van der Waals surface area contributed by atoms with E-state index in [4.69, 9.17) is 0 Å². The first-order valence-electron chi connectivity index (χ1n) is 4.54. The van der Waals surface area contributed by atoms with E-state index in [0.29, 0.717) is 11.5 Å². The van der Waals surface area contributed by atoms with Gasteiger partial charge in [-0.15, -0.1) is 0 Å². The maximum absolute atomic E-state index is 12.1. The van der Waals surface area contributed by atoms with Gasteiger partial charge in [0, 0.05) is 0 Å². The molecule has 0 aromatic heterocycles. The first kappa shape index (κ1) is 11.5. The number of halogens is 3. The number of rotatable bonds is 3. The maximum atomic E-state index is 12.1. The van der Waals surface area contributed by atoms with Crippen molar-refractivity contribution in [2.75, 3.05) is 0 Å². The molecule has 0 fully saturated rings. The third-order valence-corrected chi connectivity index (χ3v) is 2.86. The number of hydrogen-bond donors (Lipinski definition) is 0. The molecule has 0 aliphatic carbocycles. The molecule has 0 heterocycles. The van der Waals surface area contributed by atoms with Crippen molar-refractivity contribution in [3.05, 3.63) is 35.4 Å². The molecule has 0 nitrogen and oxygen atoms in total. The monoisotopic (exact) mass is 222 g/mol. The van der Waals surface area contributed by atoms with Crippen LogP contribution in [-0.2, 0) is 6.16 Å². The molecule has 4 heteroatoms. The van der Waals surface area contributed by atoms with Gasteiger partial charge in [-0.3, -0.25) is 0 Å². The average Bonchev–Trinajstić information content (AvgIpc) is 2.02. The molecule has 1 rings (SSSR count). The molecule has 0 aliphatic heterocycles. The van der Waals surface area contributed by atoms with E-state index in [2.05, 4.69) is 0 Å². The van der Waals surface area contributed by atoms with Gasteiger partial charge in [-0.05, 0) is 0 Å². The van der Waals surface area contributed by atoms with Crippen LogP contribution < -0.4 is 0 Å². The second kappa shape index (κ2) is 4.31. The van der Waals surface area contributed by atoms with E-state index in [-0.39, 0.29) is 0 Å². The Morgan fingerprint density at radius 1 is 1.07 bits per heavy atom. The molecule has 0 aliphatic rings. The molecule has 80 valence electrons. The molecule has 0 saturated carbocycles. The third kappa shape index (κ3) is 3.67. The minimum absolute atomic E-state index is 0.368. The van der Waals surface area contributed by atoms with E-state index in [1.807, 2.05) is 13.8 Å². The van der Waals surface area contributed by atoms with Crippen LogP contribution in [0.15, 0.2) is 24.3 Å². The normalized spacial score (nSPS) is 13.3. The van der Waals surface area contributed by atoms with Gasteiger partial charge in [0.1, 0.15) is 0 Å². The Morgan fingerprint density at radius 3 is 1.93 bits per heavy atom. The van der Waals surface area contributed by atoms with Gasteiger partial charge in [0.05, 0.1) is 0 Å². The van der Waals surface area contributed by atoms with Gasteiger partial charge in [0.25, 0.3) is 0 Å². The fraction of sp³-hybridized carbons (Fsp3) is 0.400. The Hall–Kier alpha value is -0.560. The van der Waals surface area contributed by atoms with Crippen molar-refractivity contribution >= 4 is 8.19 Å². The molecule has 14 heavy (non-hydrogen) atoms. The van der Waals surface area contributed by atoms with Gasteiger partial charge in [-0.25, -0.2) is 0 Å². The van der Waals surface area contributed by atoms with E-state index in [9.17, 15) is 12.6 Å². The quantitative estimate of drug-likeness (QED) is 0.649. The van der Waals surface area contributed by atoms with Crippen LogP contribution in [0, 0.1) is 0 Å². The fourth-order valence-corrected chi connectivity index (χ4v) is 1.95. The second-order valence-corrected chi connectivity index (χ2v) is 5.27. The summed E-state index contributed by atoms with van der Waals surface area (Å²) in [6.07, 6.45) is -0.703. The van der Waals surface area contributed by atoms with Crippen molar-refractivity contribution < 1.29 is 12.6 Å². The molecule has 0 amide bonds. The average molecular weight is 222 g/mol. The molecule has 0 spiro atoms. The minimum atomic E-state index is -5.44. The summed E-state index contributed by atoms with van der Waals surface area (Å²) in [5.74, 6) is 0.368. The number of benzene rings is 1. The van der Waals surface area contributed by atoms with Crippen molar-refractivity contribution in [3.63, 3.8) is 0 Å². The molecule has 1 aromatic rings. The van der Waals surface area contributed by atoms with E-state index in [0.717, 1.165) is 5.56 Å². The van der Waals surface area contributed by atoms with Gasteiger partial charge in [-0.2, -0.15) is 0 Å². The molecule has 0 N–H and O–H groups in total. The summed E-state index contributed by atoms with van der Waals surface area (Å²) >= 11 is 0. The zero-order chi connectivity index (χ0) is 10.8. The van der Waals surface area contributed by atoms with Gasteiger partial charge < -0.3 is 0 Å². The topological polar surface area (TPSA) is 0 Å². The van der Waals surface area contributed by atoms with Crippen LogP contribution in [0.1, 0.15) is 30.9 Å². The van der Waals surface area contributed by atoms with E-state index >= 15 is 0 Å². The van der Waals surface area contributed by atoms with Gasteiger partial charge in [0.2, 0.25) is 0 Å². The molecule has 0 radical (unpaired) electrons. The van der Waals surface area contributed by atoms with Gasteiger partial charge in [-0.1, -0.05) is 0 Å². The zero-order valence-corrected chi connectivity index (χ0v) is 9.23. The summed E-state index contributed by atoms with van der Waals surface area (Å²) in [5.41, 5.74) is 1.46. The Bertz CT molecular complexity index is 287. The second-order valence-electron chi connectivity index (χ2n) is 3.69. The zero-order valence-electron chi connectivity index (χ0n) is 8.23. The molecule has 0 unspecified atom stereocenters. The van der Waals surface area contributed by atoms with Crippen LogP contribution in [-0.4, -0.2) is 0 Å². The van der Waals surface area contributed by atoms with Crippen LogP contribution in [0.5, 0.6) is 0 Å². The molecule has 0 saturated heterocycles. The summed E-state index contributed by atoms with van der Waals surface area (Å²) in [4.78, 5) is 0. The predicted molar refractivity (Wildman–Crippen MR) is 55.9 cm³/mol. The third-order valence-electron chi connectivity index (χ3n) is 2.05. The van der Waals surface area contributed by atoms with E-state index in [1.165, 1.54) is 0 Å². The predicted octanol–water partition coefficient (Wildman–Crippen LogP) is 4.71.